The highest BCUT2D eigenvalue weighted by Crippen LogP contribution is 2.67. The maximum Gasteiger partial charge on any atom is 0.303 e. The second-order valence-corrected chi connectivity index (χ2v) is 13.7. The molecular formula is C32H56O3. The summed E-state index contributed by atoms with van der Waals surface area (Å²) in [6.45, 7) is 14.5. The zero-order valence-electron chi connectivity index (χ0n) is 23.8. The highest BCUT2D eigenvalue weighted by Gasteiger charge is 2.59. The van der Waals surface area contributed by atoms with Gasteiger partial charge >= 0.3 is 5.97 Å². The smallest absolute Gasteiger partial charge is 0.303 e. The molecule has 0 heterocycles. The second kappa shape index (κ2) is 12.1. The number of fused-ring (bicyclic) bond motifs is 5. The Morgan fingerprint density at radius 2 is 1.77 bits per heavy atom. The summed E-state index contributed by atoms with van der Waals surface area (Å²) in [7, 11) is 0. The molecule has 0 bridgehead atoms. The average molecular weight is 489 g/mol. The van der Waals surface area contributed by atoms with E-state index in [1.54, 1.807) is 5.57 Å². The fourth-order valence-corrected chi connectivity index (χ4v) is 8.99. The van der Waals surface area contributed by atoms with Crippen molar-refractivity contribution in [2.24, 2.45) is 46.3 Å². The zero-order chi connectivity index (χ0) is 25.8. The molecule has 0 saturated heterocycles. The number of hydrogen-bond acceptors (Lipinski definition) is 2. The summed E-state index contributed by atoms with van der Waals surface area (Å²) in [6, 6.07) is 0. The number of carboxylic acid groups (broad SMARTS) is 1. The van der Waals surface area contributed by atoms with Crippen molar-refractivity contribution in [3.63, 3.8) is 0 Å². The van der Waals surface area contributed by atoms with Gasteiger partial charge in [0.2, 0.25) is 0 Å². The first-order valence-electron chi connectivity index (χ1n) is 15.1. The van der Waals surface area contributed by atoms with Crippen molar-refractivity contribution in [3.8, 4) is 0 Å². The van der Waals surface area contributed by atoms with Crippen LogP contribution in [0.4, 0.5) is 0 Å². The molecule has 0 radical (unpaired) electrons. The van der Waals surface area contributed by atoms with Gasteiger partial charge in [-0.1, -0.05) is 78.9 Å². The van der Waals surface area contributed by atoms with Gasteiger partial charge < -0.3 is 10.2 Å². The van der Waals surface area contributed by atoms with E-state index in [1.165, 1.54) is 57.8 Å². The Bertz CT molecular complexity index is 726. The first-order chi connectivity index (χ1) is 16.5. The zero-order valence-corrected chi connectivity index (χ0v) is 23.8. The van der Waals surface area contributed by atoms with E-state index in [0.29, 0.717) is 17.3 Å². The molecule has 0 aromatic heterocycles. The molecule has 4 aliphatic rings. The molecule has 0 unspecified atom stereocenters. The van der Waals surface area contributed by atoms with Crippen LogP contribution in [0, 0.1) is 46.3 Å². The van der Waals surface area contributed by atoms with Crippen molar-refractivity contribution < 1.29 is 15.0 Å². The highest BCUT2D eigenvalue weighted by atomic mass is 16.4. The molecule has 4 aliphatic carbocycles. The Morgan fingerprint density at radius 3 is 2.40 bits per heavy atom. The lowest BCUT2D eigenvalue weighted by Gasteiger charge is -2.58. The predicted molar refractivity (Wildman–Crippen MR) is 146 cm³/mol. The number of aliphatic hydroxyl groups is 1. The maximum atomic E-state index is 10.2. The van der Waals surface area contributed by atoms with Crippen LogP contribution in [-0.2, 0) is 4.79 Å². The molecule has 8 atom stereocenters. The van der Waals surface area contributed by atoms with Gasteiger partial charge in [0.25, 0.3) is 0 Å². The Balaban J connectivity index is 0.000000429. The van der Waals surface area contributed by atoms with Crippen LogP contribution in [0.2, 0.25) is 0 Å². The third kappa shape index (κ3) is 6.36. The van der Waals surface area contributed by atoms with Crippen LogP contribution >= 0.6 is 0 Å². The van der Waals surface area contributed by atoms with E-state index < -0.39 is 5.97 Å². The largest absolute Gasteiger partial charge is 0.481 e. The quantitative estimate of drug-likeness (QED) is 0.336. The third-order valence-electron chi connectivity index (χ3n) is 11.0. The van der Waals surface area contributed by atoms with Gasteiger partial charge in [-0.15, -0.1) is 0 Å². The average Bonchev–Trinajstić information content (AvgIpc) is 3.15. The Morgan fingerprint density at radius 1 is 1.03 bits per heavy atom. The summed E-state index contributed by atoms with van der Waals surface area (Å²) in [5.74, 6) is 4.76. The lowest BCUT2D eigenvalue weighted by molar-refractivity contribution is -0.137. The molecule has 3 nitrogen and oxygen atoms in total. The lowest BCUT2D eigenvalue weighted by atomic mass is 9.47. The van der Waals surface area contributed by atoms with Crippen LogP contribution in [0.3, 0.4) is 0 Å². The second-order valence-electron chi connectivity index (χ2n) is 13.7. The van der Waals surface area contributed by atoms with Crippen LogP contribution in [0.25, 0.3) is 0 Å². The van der Waals surface area contributed by atoms with Crippen molar-refractivity contribution in [2.75, 3.05) is 0 Å². The minimum atomic E-state index is -0.693. The first-order valence-corrected chi connectivity index (χ1v) is 15.1. The number of carboxylic acids is 1. The van der Waals surface area contributed by atoms with Gasteiger partial charge in [0, 0.05) is 6.42 Å². The number of unbranched alkanes of at least 4 members (excludes halogenated alkanes) is 1. The van der Waals surface area contributed by atoms with E-state index in [9.17, 15) is 9.90 Å². The van der Waals surface area contributed by atoms with Crippen LogP contribution in [0.5, 0.6) is 0 Å². The Labute approximate surface area is 216 Å². The molecule has 3 fully saturated rings. The molecule has 35 heavy (non-hydrogen) atoms. The third-order valence-corrected chi connectivity index (χ3v) is 11.0. The topological polar surface area (TPSA) is 57.5 Å². The van der Waals surface area contributed by atoms with Crippen LogP contribution in [0.1, 0.15) is 131 Å². The van der Waals surface area contributed by atoms with E-state index in [0.717, 1.165) is 61.2 Å². The molecule has 0 aliphatic heterocycles. The molecule has 0 aromatic carbocycles. The molecule has 4 rings (SSSR count). The van der Waals surface area contributed by atoms with Crippen LogP contribution in [0.15, 0.2) is 11.6 Å². The van der Waals surface area contributed by atoms with E-state index in [4.69, 9.17) is 5.11 Å². The van der Waals surface area contributed by atoms with Gasteiger partial charge in [-0.25, -0.2) is 0 Å². The first kappa shape index (κ1) is 28.7. The van der Waals surface area contributed by atoms with E-state index in [2.05, 4.69) is 40.7 Å². The summed E-state index contributed by atoms with van der Waals surface area (Å²) in [4.78, 5) is 9.76. The number of aliphatic carboxylic acids is 1. The van der Waals surface area contributed by atoms with E-state index >= 15 is 0 Å². The minimum Gasteiger partial charge on any atom is -0.481 e. The fraction of sp³-hybridized carbons (Fsp3) is 0.906. The number of aliphatic hydroxyl groups excluding tert-OH is 1. The minimum absolute atomic E-state index is 0.0766. The molecule has 2 N–H and O–H groups in total. The van der Waals surface area contributed by atoms with Gasteiger partial charge in [-0.05, 0) is 104 Å². The van der Waals surface area contributed by atoms with E-state index in [-0.39, 0.29) is 6.10 Å². The molecule has 3 saturated carbocycles. The van der Waals surface area contributed by atoms with Crippen molar-refractivity contribution in [2.45, 2.75) is 138 Å². The number of rotatable bonds is 8. The van der Waals surface area contributed by atoms with Crippen molar-refractivity contribution >= 4 is 5.97 Å². The van der Waals surface area contributed by atoms with Crippen molar-refractivity contribution in [1.29, 1.82) is 0 Å². The van der Waals surface area contributed by atoms with Gasteiger partial charge in [0.15, 0.2) is 0 Å². The number of allylic oxidation sites excluding steroid dienone is 1. The standard InChI is InChI=1S/C27H46O.C5H10O2/c1-18(2)7-6-8-19(3)23-11-12-24-22-10-9-20-17-21(28)13-15-26(20,4)25(22)14-16-27(23,24)5;1-2-3-4-5(6)7/h9,18-19,21-25,28H,6-8,10-17H2,1-5H3;2-4H2,1H3,(H,6,7)/t19-,21+,22+,23-,24+,25+,26+,27-;/m1./s1. The summed E-state index contributed by atoms with van der Waals surface area (Å²) >= 11 is 0. The van der Waals surface area contributed by atoms with Crippen molar-refractivity contribution in [1.82, 2.24) is 0 Å². The molecule has 0 amide bonds. The molecule has 0 aromatic rings. The molecule has 0 spiro atoms. The number of hydrogen-bond donors (Lipinski definition) is 2. The molecular weight excluding hydrogens is 432 g/mol. The summed E-state index contributed by atoms with van der Waals surface area (Å²) < 4.78 is 0. The van der Waals surface area contributed by atoms with Crippen molar-refractivity contribution in [3.05, 3.63) is 11.6 Å². The van der Waals surface area contributed by atoms with E-state index in [1.807, 2.05) is 6.92 Å². The van der Waals surface area contributed by atoms with Crippen LogP contribution < -0.4 is 0 Å². The Hall–Kier alpha value is -0.830. The van der Waals surface area contributed by atoms with Gasteiger partial charge in [-0.3, -0.25) is 4.79 Å². The monoisotopic (exact) mass is 488 g/mol. The fourth-order valence-electron chi connectivity index (χ4n) is 8.99. The SMILES string of the molecule is CC(C)CCC[C@@H](C)[C@H]1CC[C@H]2[C@@H]3CC=C4C[C@@H](O)CC[C@]4(C)[C@H]3CC[C@]12C.CCCCC(=O)O. The summed E-state index contributed by atoms with van der Waals surface area (Å²) in [5.41, 5.74) is 2.60. The van der Waals surface area contributed by atoms with Gasteiger partial charge in [-0.2, -0.15) is 0 Å². The Kier molecular flexibility index (Phi) is 9.97. The summed E-state index contributed by atoms with van der Waals surface area (Å²) in [6.07, 6.45) is 19.2. The molecule has 202 valence electrons. The predicted octanol–water partition coefficient (Wildman–Crippen LogP) is 8.65. The number of carbonyl (C=O) groups is 1. The van der Waals surface area contributed by atoms with Gasteiger partial charge in [0.05, 0.1) is 6.10 Å². The van der Waals surface area contributed by atoms with Gasteiger partial charge in [0.1, 0.15) is 0 Å². The normalized spacial score (nSPS) is 39.0. The highest BCUT2D eigenvalue weighted by molar-refractivity contribution is 5.66. The maximum absolute atomic E-state index is 10.2. The molecule has 3 heteroatoms. The van der Waals surface area contributed by atoms with Crippen LogP contribution in [-0.4, -0.2) is 22.3 Å². The lowest BCUT2D eigenvalue weighted by Crippen LogP contribution is -2.50. The summed E-state index contributed by atoms with van der Waals surface area (Å²) in [5, 5.41) is 18.3.